The Balaban J connectivity index is 2.07. The van der Waals surface area contributed by atoms with Gasteiger partial charge in [-0.25, -0.2) is 8.78 Å². The van der Waals surface area contributed by atoms with Gasteiger partial charge in [0, 0.05) is 6.04 Å². The third kappa shape index (κ3) is 2.67. The molecule has 1 aromatic carbocycles. The molecule has 1 aromatic heterocycles. The van der Waals surface area contributed by atoms with Gasteiger partial charge >= 0.3 is 0 Å². The van der Waals surface area contributed by atoms with E-state index in [-0.39, 0.29) is 12.1 Å². The number of rotatable bonds is 4. The van der Waals surface area contributed by atoms with Gasteiger partial charge < -0.3 is 5.32 Å². The first-order valence-electron chi connectivity index (χ1n) is 5.52. The van der Waals surface area contributed by atoms with Crippen molar-refractivity contribution in [1.82, 2.24) is 25.9 Å². The van der Waals surface area contributed by atoms with E-state index >= 15 is 0 Å². The maximum atomic E-state index is 13.1. The van der Waals surface area contributed by atoms with E-state index in [0.29, 0.717) is 11.4 Å². The standard InChI is InChI=1S/C11H13F2N5/c1-6(8-3-4-9(12)10(13)5-8)14-7(2)11-15-17-18-16-11/h3-7,14H,1-2H3,(H,15,16,17,18). The number of benzene rings is 1. The molecule has 0 saturated carbocycles. The number of aromatic amines is 1. The summed E-state index contributed by atoms with van der Waals surface area (Å²) in [4.78, 5) is 0. The molecule has 0 spiro atoms. The summed E-state index contributed by atoms with van der Waals surface area (Å²) in [5, 5.41) is 16.7. The van der Waals surface area contributed by atoms with Crippen LogP contribution in [0.25, 0.3) is 0 Å². The van der Waals surface area contributed by atoms with Crippen molar-refractivity contribution in [3.63, 3.8) is 0 Å². The molecule has 18 heavy (non-hydrogen) atoms. The molecular weight excluding hydrogens is 240 g/mol. The Kier molecular flexibility index (Phi) is 3.61. The minimum absolute atomic E-state index is 0.146. The molecule has 2 rings (SSSR count). The fraction of sp³-hybridized carbons (Fsp3) is 0.364. The van der Waals surface area contributed by atoms with Gasteiger partial charge in [-0.2, -0.15) is 5.21 Å². The van der Waals surface area contributed by atoms with Crippen molar-refractivity contribution in [3.8, 4) is 0 Å². The van der Waals surface area contributed by atoms with Crippen LogP contribution in [-0.2, 0) is 0 Å². The predicted molar refractivity (Wildman–Crippen MR) is 60.5 cm³/mol. The van der Waals surface area contributed by atoms with Gasteiger partial charge in [0.1, 0.15) is 0 Å². The van der Waals surface area contributed by atoms with Crippen molar-refractivity contribution in [3.05, 3.63) is 41.2 Å². The van der Waals surface area contributed by atoms with E-state index < -0.39 is 11.6 Å². The van der Waals surface area contributed by atoms with Crippen molar-refractivity contribution in [2.24, 2.45) is 0 Å². The lowest BCUT2D eigenvalue weighted by Crippen LogP contribution is -2.23. The maximum Gasteiger partial charge on any atom is 0.191 e. The molecule has 0 aliphatic heterocycles. The van der Waals surface area contributed by atoms with Crippen LogP contribution in [0.4, 0.5) is 8.78 Å². The number of hydrogen-bond donors (Lipinski definition) is 2. The molecule has 0 bridgehead atoms. The third-order valence-corrected chi connectivity index (χ3v) is 2.69. The summed E-state index contributed by atoms with van der Waals surface area (Å²) in [7, 11) is 0. The second kappa shape index (κ2) is 5.18. The van der Waals surface area contributed by atoms with Crippen LogP contribution in [0.15, 0.2) is 18.2 Å². The predicted octanol–water partition coefficient (Wildman–Crippen LogP) is 1.89. The SMILES string of the molecule is CC(NC(C)c1nn[nH]n1)c1ccc(F)c(F)c1. The molecule has 1 heterocycles. The van der Waals surface area contributed by atoms with Gasteiger partial charge in [-0.3, -0.25) is 0 Å². The van der Waals surface area contributed by atoms with E-state index in [4.69, 9.17) is 0 Å². The van der Waals surface area contributed by atoms with Gasteiger partial charge in [0.2, 0.25) is 0 Å². The van der Waals surface area contributed by atoms with E-state index in [1.165, 1.54) is 6.07 Å². The molecule has 0 fully saturated rings. The highest BCUT2D eigenvalue weighted by Crippen LogP contribution is 2.19. The van der Waals surface area contributed by atoms with E-state index in [9.17, 15) is 8.78 Å². The van der Waals surface area contributed by atoms with Crippen molar-refractivity contribution in [2.45, 2.75) is 25.9 Å². The van der Waals surface area contributed by atoms with Crippen LogP contribution in [0.3, 0.4) is 0 Å². The molecule has 0 saturated heterocycles. The molecular formula is C11H13F2N5. The number of hydrogen-bond acceptors (Lipinski definition) is 4. The van der Waals surface area contributed by atoms with Gasteiger partial charge in [0.05, 0.1) is 6.04 Å². The second-order valence-corrected chi connectivity index (χ2v) is 4.05. The lowest BCUT2D eigenvalue weighted by molar-refractivity contribution is 0.468. The fourth-order valence-electron chi connectivity index (χ4n) is 1.68. The highest BCUT2D eigenvalue weighted by Gasteiger charge is 2.15. The first-order valence-corrected chi connectivity index (χ1v) is 5.52. The maximum absolute atomic E-state index is 13.1. The van der Waals surface area contributed by atoms with Gasteiger partial charge in [0.15, 0.2) is 17.5 Å². The molecule has 2 unspecified atom stereocenters. The Morgan fingerprint density at radius 3 is 2.56 bits per heavy atom. The fourth-order valence-corrected chi connectivity index (χ4v) is 1.68. The largest absolute Gasteiger partial charge is 0.301 e. The van der Waals surface area contributed by atoms with E-state index in [1.54, 1.807) is 6.07 Å². The minimum Gasteiger partial charge on any atom is -0.301 e. The van der Waals surface area contributed by atoms with Gasteiger partial charge in [-0.1, -0.05) is 11.3 Å². The number of aromatic nitrogens is 4. The zero-order valence-corrected chi connectivity index (χ0v) is 9.98. The van der Waals surface area contributed by atoms with E-state index in [1.807, 2.05) is 13.8 Å². The molecule has 2 N–H and O–H groups in total. The lowest BCUT2D eigenvalue weighted by Gasteiger charge is -2.18. The zero-order chi connectivity index (χ0) is 13.1. The average molecular weight is 253 g/mol. The van der Waals surface area contributed by atoms with Crippen molar-refractivity contribution < 1.29 is 8.78 Å². The summed E-state index contributed by atoms with van der Waals surface area (Å²) in [6, 6.07) is 3.53. The lowest BCUT2D eigenvalue weighted by atomic mass is 10.1. The monoisotopic (exact) mass is 253 g/mol. The van der Waals surface area contributed by atoms with E-state index in [0.717, 1.165) is 6.07 Å². The highest BCUT2D eigenvalue weighted by atomic mass is 19.2. The summed E-state index contributed by atoms with van der Waals surface area (Å²) in [5.41, 5.74) is 0.657. The van der Waals surface area contributed by atoms with Crippen LogP contribution in [0.1, 0.15) is 37.3 Å². The Morgan fingerprint density at radius 2 is 1.94 bits per heavy atom. The smallest absolute Gasteiger partial charge is 0.191 e. The van der Waals surface area contributed by atoms with Crippen LogP contribution < -0.4 is 5.32 Å². The van der Waals surface area contributed by atoms with Crippen molar-refractivity contribution >= 4 is 0 Å². The second-order valence-electron chi connectivity index (χ2n) is 4.05. The van der Waals surface area contributed by atoms with E-state index in [2.05, 4.69) is 25.9 Å². The Hall–Kier alpha value is -1.89. The molecule has 0 radical (unpaired) electrons. The van der Waals surface area contributed by atoms with Crippen LogP contribution >= 0.6 is 0 Å². The molecule has 7 heteroatoms. The van der Waals surface area contributed by atoms with Gasteiger partial charge in [-0.05, 0) is 31.5 Å². The number of tetrazole rings is 1. The zero-order valence-electron chi connectivity index (χ0n) is 9.98. The molecule has 2 aromatic rings. The minimum atomic E-state index is -0.853. The normalized spacial score (nSPS) is 14.4. The molecule has 0 aliphatic rings. The third-order valence-electron chi connectivity index (χ3n) is 2.69. The number of nitrogens with one attached hydrogen (secondary N) is 2. The average Bonchev–Trinajstić information content (AvgIpc) is 2.86. The quantitative estimate of drug-likeness (QED) is 0.873. The Bertz CT molecular complexity index is 514. The summed E-state index contributed by atoms with van der Waals surface area (Å²) in [6.45, 7) is 3.71. The highest BCUT2D eigenvalue weighted by molar-refractivity contribution is 5.21. The van der Waals surface area contributed by atoms with Crippen molar-refractivity contribution in [1.29, 1.82) is 0 Å². The van der Waals surface area contributed by atoms with Crippen LogP contribution in [0.2, 0.25) is 0 Å². The molecule has 2 atom stereocenters. The van der Waals surface area contributed by atoms with Crippen LogP contribution in [0, 0.1) is 11.6 Å². The van der Waals surface area contributed by atoms with Gasteiger partial charge in [-0.15, -0.1) is 10.2 Å². The first kappa shape index (κ1) is 12.6. The summed E-state index contributed by atoms with van der Waals surface area (Å²) in [5.74, 6) is -1.19. The van der Waals surface area contributed by atoms with Gasteiger partial charge in [0.25, 0.3) is 0 Å². The number of halogens is 2. The summed E-state index contributed by atoms with van der Waals surface area (Å²) < 4.78 is 25.9. The molecule has 96 valence electrons. The molecule has 0 amide bonds. The number of H-pyrrole nitrogens is 1. The molecule has 5 nitrogen and oxygen atoms in total. The topological polar surface area (TPSA) is 66.5 Å². The van der Waals surface area contributed by atoms with Crippen LogP contribution in [0.5, 0.6) is 0 Å². The molecule has 0 aliphatic carbocycles. The first-order chi connectivity index (χ1) is 8.58. The summed E-state index contributed by atoms with van der Waals surface area (Å²) >= 11 is 0. The van der Waals surface area contributed by atoms with Crippen molar-refractivity contribution in [2.75, 3.05) is 0 Å². The Morgan fingerprint density at radius 1 is 1.17 bits per heavy atom. The number of nitrogens with zero attached hydrogens (tertiary/aromatic N) is 3. The summed E-state index contributed by atoms with van der Waals surface area (Å²) in [6.07, 6.45) is 0. The Labute approximate surface area is 103 Å². The van der Waals surface area contributed by atoms with Crippen LogP contribution in [-0.4, -0.2) is 20.6 Å².